The fourth-order valence-electron chi connectivity index (χ4n) is 1.10. The summed E-state index contributed by atoms with van der Waals surface area (Å²) in [5, 5.41) is 2.70. The number of nitrogens with one attached hydrogen (secondary N) is 1. The molecule has 0 unspecified atom stereocenters. The molecule has 0 spiro atoms. The van der Waals surface area contributed by atoms with Crippen LogP contribution in [0.4, 0.5) is 10.2 Å². The summed E-state index contributed by atoms with van der Waals surface area (Å²) >= 11 is 5.63. The maximum absolute atomic E-state index is 12.5. The van der Waals surface area contributed by atoms with Gasteiger partial charge < -0.3 is 5.32 Å². The Kier molecular flexibility index (Phi) is 3.24. The molecule has 0 saturated carbocycles. The smallest absolute Gasteiger partial charge is 0.258 e. The summed E-state index contributed by atoms with van der Waals surface area (Å²) < 4.78 is 12.5. The predicted molar refractivity (Wildman–Crippen MR) is 59.2 cm³/mol. The summed E-state index contributed by atoms with van der Waals surface area (Å²) in [7, 11) is 0. The van der Waals surface area contributed by atoms with Crippen molar-refractivity contribution in [3.8, 4) is 0 Å². The van der Waals surface area contributed by atoms with E-state index in [0.29, 0.717) is 0 Å². The standard InChI is InChI=1S/C10H6ClFN4O/c11-7-3-9(15-5-14-7)16-10(17)6-1-2-8(12)13-4-6/h1-5H,(H,14,15,16,17). The van der Waals surface area contributed by atoms with E-state index in [0.717, 1.165) is 12.3 Å². The molecule has 7 heteroatoms. The van der Waals surface area contributed by atoms with Crippen LogP contribution >= 0.6 is 11.6 Å². The second-order valence-electron chi connectivity index (χ2n) is 3.05. The van der Waals surface area contributed by atoms with Crippen LogP contribution in [-0.4, -0.2) is 20.9 Å². The molecular formula is C10H6ClFN4O. The first-order chi connectivity index (χ1) is 8.15. The zero-order chi connectivity index (χ0) is 12.3. The largest absolute Gasteiger partial charge is 0.306 e. The van der Waals surface area contributed by atoms with Crippen LogP contribution in [0.2, 0.25) is 5.15 Å². The molecule has 86 valence electrons. The third kappa shape index (κ3) is 2.94. The Balaban J connectivity index is 2.14. The molecular weight excluding hydrogens is 247 g/mol. The molecule has 0 aromatic carbocycles. The molecule has 1 N–H and O–H groups in total. The lowest BCUT2D eigenvalue weighted by molar-refractivity contribution is 0.102. The molecule has 2 aromatic rings. The number of amides is 1. The lowest BCUT2D eigenvalue weighted by Crippen LogP contribution is -2.13. The number of pyridine rings is 1. The van der Waals surface area contributed by atoms with Crippen molar-refractivity contribution in [2.45, 2.75) is 0 Å². The van der Waals surface area contributed by atoms with Gasteiger partial charge in [-0.2, -0.15) is 4.39 Å². The highest BCUT2D eigenvalue weighted by Gasteiger charge is 2.07. The number of hydrogen-bond acceptors (Lipinski definition) is 4. The Bertz CT molecular complexity index is 546. The maximum atomic E-state index is 12.5. The van der Waals surface area contributed by atoms with Crippen LogP contribution in [0, 0.1) is 5.95 Å². The molecule has 2 aromatic heterocycles. The summed E-state index contributed by atoms with van der Waals surface area (Å²) in [5.74, 6) is -0.835. The summed E-state index contributed by atoms with van der Waals surface area (Å²) in [5.41, 5.74) is 0.223. The Morgan fingerprint density at radius 1 is 1.29 bits per heavy atom. The number of carbonyl (C=O) groups is 1. The van der Waals surface area contributed by atoms with E-state index in [9.17, 15) is 9.18 Å². The van der Waals surface area contributed by atoms with Gasteiger partial charge in [0.15, 0.2) is 0 Å². The number of hydrogen-bond donors (Lipinski definition) is 1. The van der Waals surface area contributed by atoms with Crippen molar-refractivity contribution in [2.24, 2.45) is 0 Å². The zero-order valence-electron chi connectivity index (χ0n) is 8.39. The molecule has 0 bridgehead atoms. The van der Waals surface area contributed by atoms with Crippen LogP contribution in [0.3, 0.4) is 0 Å². The van der Waals surface area contributed by atoms with Gasteiger partial charge in [-0.05, 0) is 12.1 Å². The van der Waals surface area contributed by atoms with E-state index >= 15 is 0 Å². The van der Waals surface area contributed by atoms with Crippen molar-refractivity contribution in [1.29, 1.82) is 0 Å². The van der Waals surface area contributed by atoms with Crippen molar-refractivity contribution in [2.75, 3.05) is 5.32 Å². The predicted octanol–water partition coefficient (Wildman–Crippen LogP) is 1.92. The van der Waals surface area contributed by atoms with Gasteiger partial charge in [0.1, 0.15) is 17.3 Å². The van der Waals surface area contributed by atoms with Crippen molar-refractivity contribution in [3.05, 3.63) is 47.4 Å². The van der Waals surface area contributed by atoms with Gasteiger partial charge >= 0.3 is 0 Å². The third-order valence-corrected chi connectivity index (χ3v) is 2.07. The monoisotopic (exact) mass is 252 g/mol. The first-order valence-electron chi connectivity index (χ1n) is 4.55. The van der Waals surface area contributed by atoms with Gasteiger partial charge in [0.2, 0.25) is 5.95 Å². The fourth-order valence-corrected chi connectivity index (χ4v) is 1.25. The molecule has 1 amide bonds. The first-order valence-corrected chi connectivity index (χ1v) is 4.93. The highest BCUT2D eigenvalue weighted by Crippen LogP contribution is 2.10. The highest BCUT2D eigenvalue weighted by atomic mass is 35.5. The van der Waals surface area contributed by atoms with E-state index in [-0.39, 0.29) is 16.5 Å². The molecule has 5 nitrogen and oxygen atoms in total. The SMILES string of the molecule is O=C(Nc1cc(Cl)ncn1)c1ccc(F)nc1. The minimum atomic E-state index is -0.647. The van der Waals surface area contributed by atoms with Crippen LogP contribution in [0.1, 0.15) is 10.4 Å². The van der Waals surface area contributed by atoms with Crippen molar-refractivity contribution in [1.82, 2.24) is 15.0 Å². The summed E-state index contributed by atoms with van der Waals surface area (Å²) in [6, 6.07) is 3.82. The molecule has 0 fully saturated rings. The highest BCUT2D eigenvalue weighted by molar-refractivity contribution is 6.29. The fraction of sp³-hybridized carbons (Fsp3) is 0. The summed E-state index contributed by atoms with van der Waals surface area (Å²) in [6.45, 7) is 0. The summed E-state index contributed by atoms with van der Waals surface area (Å²) in [4.78, 5) is 22.5. The Morgan fingerprint density at radius 2 is 2.12 bits per heavy atom. The molecule has 2 rings (SSSR count). The minimum Gasteiger partial charge on any atom is -0.306 e. The first kappa shape index (κ1) is 11.4. The molecule has 2 heterocycles. The number of carbonyl (C=O) groups excluding carboxylic acids is 1. The van der Waals surface area contributed by atoms with Crippen LogP contribution in [-0.2, 0) is 0 Å². The average molecular weight is 253 g/mol. The van der Waals surface area contributed by atoms with Gasteiger partial charge in [-0.1, -0.05) is 11.6 Å². The van der Waals surface area contributed by atoms with Gasteiger partial charge in [0, 0.05) is 12.3 Å². The van der Waals surface area contributed by atoms with Crippen LogP contribution < -0.4 is 5.32 Å². The number of nitrogens with zero attached hydrogens (tertiary/aromatic N) is 3. The van der Waals surface area contributed by atoms with Crippen LogP contribution in [0.5, 0.6) is 0 Å². The Labute approximate surface area is 101 Å². The van der Waals surface area contributed by atoms with Crippen LogP contribution in [0.25, 0.3) is 0 Å². The van der Waals surface area contributed by atoms with E-state index in [1.165, 1.54) is 18.5 Å². The van der Waals surface area contributed by atoms with Gasteiger partial charge in [0.25, 0.3) is 5.91 Å². The van der Waals surface area contributed by atoms with Gasteiger partial charge in [-0.3, -0.25) is 4.79 Å². The quantitative estimate of drug-likeness (QED) is 0.655. The maximum Gasteiger partial charge on any atom is 0.258 e. The molecule has 0 radical (unpaired) electrons. The second-order valence-corrected chi connectivity index (χ2v) is 3.44. The van der Waals surface area contributed by atoms with E-state index in [1.54, 1.807) is 0 Å². The van der Waals surface area contributed by atoms with Gasteiger partial charge in [-0.15, -0.1) is 0 Å². The normalized spacial score (nSPS) is 10.0. The van der Waals surface area contributed by atoms with Crippen molar-refractivity contribution < 1.29 is 9.18 Å². The molecule has 0 atom stereocenters. The lowest BCUT2D eigenvalue weighted by atomic mass is 10.2. The van der Waals surface area contributed by atoms with Crippen molar-refractivity contribution >= 4 is 23.3 Å². The average Bonchev–Trinajstić information content (AvgIpc) is 2.29. The number of aromatic nitrogens is 3. The molecule has 17 heavy (non-hydrogen) atoms. The van der Waals surface area contributed by atoms with E-state index in [2.05, 4.69) is 20.3 Å². The van der Waals surface area contributed by atoms with E-state index < -0.39 is 11.9 Å². The number of rotatable bonds is 2. The van der Waals surface area contributed by atoms with Gasteiger partial charge in [0.05, 0.1) is 5.56 Å². The number of anilines is 1. The molecule has 0 saturated heterocycles. The number of halogens is 2. The Morgan fingerprint density at radius 3 is 2.76 bits per heavy atom. The molecule has 0 aliphatic heterocycles. The molecule has 0 aliphatic rings. The topological polar surface area (TPSA) is 67.8 Å². The lowest BCUT2D eigenvalue weighted by Gasteiger charge is -2.03. The molecule has 0 aliphatic carbocycles. The van der Waals surface area contributed by atoms with Gasteiger partial charge in [-0.25, -0.2) is 15.0 Å². The minimum absolute atomic E-state index is 0.215. The van der Waals surface area contributed by atoms with Crippen molar-refractivity contribution in [3.63, 3.8) is 0 Å². The van der Waals surface area contributed by atoms with E-state index in [1.807, 2.05) is 0 Å². The third-order valence-electron chi connectivity index (χ3n) is 1.86. The van der Waals surface area contributed by atoms with Crippen LogP contribution in [0.15, 0.2) is 30.7 Å². The summed E-state index contributed by atoms with van der Waals surface area (Å²) in [6.07, 6.45) is 2.36. The Hall–Kier alpha value is -2.08. The second kappa shape index (κ2) is 4.84. The van der Waals surface area contributed by atoms with E-state index in [4.69, 9.17) is 11.6 Å². The zero-order valence-corrected chi connectivity index (χ0v) is 9.15.